The van der Waals surface area contributed by atoms with Crippen molar-refractivity contribution in [2.45, 2.75) is 11.8 Å². The fourth-order valence-electron chi connectivity index (χ4n) is 3.30. The lowest BCUT2D eigenvalue weighted by atomic mass is 10.2. The first-order valence-corrected chi connectivity index (χ1v) is 13.0. The zero-order valence-corrected chi connectivity index (χ0v) is 23.0. The van der Waals surface area contributed by atoms with Crippen molar-refractivity contribution < 1.29 is 32.5 Å². The van der Waals surface area contributed by atoms with Crippen LogP contribution < -0.4 is 23.9 Å². The van der Waals surface area contributed by atoms with Gasteiger partial charge in [-0.1, -0.05) is 17.7 Å². The summed E-state index contributed by atoms with van der Waals surface area (Å²) in [6.07, 6.45) is 1.33. The number of phenolic OH excluding ortho intramolecular Hbond substituents is 1. The number of phenols is 1. The highest BCUT2D eigenvalue weighted by molar-refractivity contribution is 9.10. The van der Waals surface area contributed by atoms with Crippen LogP contribution in [0.2, 0.25) is 0 Å². The SMILES string of the molecule is COc1ccc(N(CC(=O)N/N=C\c2cc(Br)c(O)c(OC)c2)S(=O)(=O)c2ccc(C)cc2)c(OC)c1. The highest BCUT2D eigenvalue weighted by Crippen LogP contribution is 2.36. The number of aryl methyl sites for hydroxylation is 1. The van der Waals surface area contributed by atoms with Crippen LogP contribution in [0, 0.1) is 6.92 Å². The van der Waals surface area contributed by atoms with Crippen molar-refractivity contribution in [3.8, 4) is 23.0 Å². The number of anilines is 1. The number of carbonyl (C=O) groups excluding carboxylic acids is 1. The van der Waals surface area contributed by atoms with Crippen molar-refractivity contribution in [2.75, 3.05) is 32.2 Å². The average molecular weight is 592 g/mol. The van der Waals surface area contributed by atoms with E-state index in [1.807, 2.05) is 6.92 Å². The number of nitrogens with zero attached hydrogens (tertiary/aromatic N) is 2. The number of methoxy groups -OCH3 is 3. The van der Waals surface area contributed by atoms with Gasteiger partial charge in [-0.3, -0.25) is 9.10 Å². The van der Waals surface area contributed by atoms with Crippen LogP contribution in [0.5, 0.6) is 23.0 Å². The number of hydrogen-bond donors (Lipinski definition) is 2. The van der Waals surface area contributed by atoms with Crippen molar-refractivity contribution in [1.29, 1.82) is 0 Å². The van der Waals surface area contributed by atoms with Gasteiger partial charge in [-0.15, -0.1) is 0 Å². The van der Waals surface area contributed by atoms with Crippen molar-refractivity contribution in [1.82, 2.24) is 5.43 Å². The van der Waals surface area contributed by atoms with E-state index in [1.165, 1.54) is 57.9 Å². The van der Waals surface area contributed by atoms with Crippen LogP contribution in [0.1, 0.15) is 11.1 Å². The summed E-state index contributed by atoms with van der Waals surface area (Å²) in [5.74, 6) is 0.0954. The lowest BCUT2D eigenvalue weighted by molar-refractivity contribution is -0.119. The van der Waals surface area contributed by atoms with Crippen LogP contribution in [0.25, 0.3) is 0 Å². The molecule has 0 heterocycles. The maximum absolute atomic E-state index is 13.6. The molecule has 1 amide bonds. The standard InChI is InChI=1S/C25H26BrN3O7S/c1-16-5-8-19(9-6-16)37(32,33)29(21-10-7-18(34-2)13-22(21)35-3)15-24(30)28-27-14-17-11-20(26)25(31)23(12-17)36-4/h5-14,31H,15H2,1-4H3,(H,28,30)/b27-14-. The maximum Gasteiger partial charge on any atom is 0.264 e. The molecule has 10 nitrogen and oxygen atoms in total. The minimum Gasteiger partial charge on any atom is -0.503 e. The number of ether oxygens (including phenoxy) is 3. The summed E-state index contributed by atoms with van der Waals surface area (Å²) in [6, 6.07) is 14.0. The second-order valence-electron chi connectivity index (χ2n) is 7.71. The number of hydrazone groups is 1. The third kappa shape index (κ3) is 6.52. The number of rotatable bonds is 10. The number of halogens is 1. The Morgan fingerprint density at radius 3 is 2.32 bits per heavy atom. The lowest BCUT2D eigenvalue weighted by Crippen LogP contribution is -2.39. The summed E-state index contributed by atoms with van der Waals surface area (Å²) in [5.41, 5.74) is 3.89. The molecule has 0 unspecified atom stereocenters. The fraction of sp³-hybridized carbons (Fsp3) is 0.200. The Morgan fingerprint density at radius 1 is 1.03 bits per heavy atom. The Hall–Kier alpha value is -3.77. The van der Waals surface area contributed by atoms with Crippen molar-refractivity contribution in [2.24, 2.45) is 5.10 Å². The number of sulfonamides is 1. The first-order valence-electron chi connectivity index (χ1n) is 10.8. The summed E-state index contributed by atoms with van der Waals surface area (Å²) >= 11 is 3.22. The summed E-state index contributed by atoms with van der Waals surface area (Å²) in [6.45, 7) is 1.26. The number of hydrogen-bond acceptors (Lipinski definition) is 8. The molecule has 3 aromatic carbocycles. The van der Waals surface area contributed by atoms with Gasteiger partial charge in [-0.2, -0.15) is 5.10 Å². The maximum atomic E-state index is 13.6. The molecular formula is C25H26BrN3O7S. The van der Waals surface area contributed by atoms with Crippen LogP contribution in [-0.4, -0.2) is 53.5 Å². The molecule has 0 saturated heterocycles. The molecule has 0 spiro atoms. The van der Waals surface area contributed by atoms with E-state index in [4.69, 9.17) is 14.2 Å². The normalized spacial score (nSPS) is 11.3. The summed E-state index contributed by atoms with van der Waals surface area (Å²) in [5, 5.41) is 13.9. The van der Waals surface area contributed by atoms with Crippen LogP contribution in [0.3, 0.4) is 0 Å². The molecule has 0 aromatic heterocycles. The van der Waals surface area contributed by atoms with Gasteiger partial charge in [-0.25, -0.2) is 13.8 Å². The number of carbonyl (C=O) groups is 1. The fourth-order valence-corrected chi connectivity index (χ4v) is 5.19. The number of benzene rings is 3. The largest absolute Gasteiger partial charge is 0.503 e. The monoisotopic (exact) mass is 591 g/mol. The summed E-state index contributed by atoms with van der Waals surface area (Å²) in [4.78, 5) is 12.9. The Bertz CT molecular complexity index is 1410. The minimum absolute atomic E-state index is 0.00770. The molecule has 0 radical (unpaired) electrons. The summed E-state index contributed by atoms with van der Waals surface area (Å²) < 4.78 is 44.3. The molecule has 0 fully saturated rings. The highest BCUT2D eigenvalue weighted by atomic mass is 79.9. The van der Waals surface area contributed by atoms with Gasteiger partial charge < -0.3 is 19.3 Å². The molecule has 3 rings (SSSR count). The van der Waals surface area contributed by atoms with Gasteiger partial charge in [0.2, 0.25) is 0 Å². The van der Waals surface area contributed by atoms with E-state index in [-0.39, 0.29) is 27.8 Å². The molecule has 0 aliphatic rings. The Morgan fingerprint density at radius 2 is 1.70 bits per heavy atom. The van der Waals surface area contributed by atoms with Gasteiger partial charge in [-0.05, 0) is 64.8 Å². The van der Waals surface area contributed by atoms with E-state index in [0.29, 0.717) is 15.8 Å². The molecule has 12 heteroatoms. The van der Waals surface area contributed by atoms with E-state index in [1.54, 1.807) is 24.3 Å². The van der Waals surface area contributed by atoms with Gasteiger partial charge in [0.25, 0.3) is 15.9 Å². The second-order valence-corrected chi connectivity index (χ2v) is 10.4. The molecule has 0 bridgehead atoms. The van der Waals surface area contributed by atoms with E-state index >= 15 is 0 Å². The molecule has 0 saturated carbocycles. The second kappa shape index (κ2) is 12.0. The lowest BCUT2D eigenvalue weighted by Gasteiger charge is -2.25. The Kier molecular flexibility index (Phi) is 9.00. The molecule has 37 heavy (non-hydrogen) atoms. The van der Waals surface area contributed by atoms with Gasteiger partial charge >= 0.3 is 0 Å². The number of nitrogens with one attached hydrogen (secondary N) is 1. The number of aromatic hydroxyl groups is 1. The van der Waals surface area contributed by atoms with Gasteiger partial charge in [0, 0.05) is 6.07 Å². The van der Waals surface area contributed by atoms with Gasteiger partial charge in [0.05, 0.1) is 42.6 Å². The molecule has 196 valence electrons. The van der Waals surface area contributed by atoms with E-state index in [9.17, 15) is 18.3 Å². The number of amides is 1. The van der Waals surface area contributed by atoms with Crippen LogP contribution in [0.15, 0.2) is 69.1 Å². The first-order chi connectivity index (χ1) is 17.6. The molecule has 2 N–H and O–H groups in total. The van der Waals surface area contributed by atoms with Crippen LogP contribution >= 0.6 is 15.9 Å². The van der Waals surface area contributed by atoms with Crippen molar-refractivity contribution in [3.63, 3.8) is 0 Å². The Labute approximate surface area is 223 Å². The minimum atomic E-state index is -4.17. The molecule has 0 atom stereocenters. The molecule has 0 aliphatic carbocycles. The molecule has 3 aromatic rings. The molecular weight excluding hydrogens is 566 g/mol. The van der Waals surface area contributed by atoms with Gasteiger partial charge in [0.1, 0.15) is 18.0 Å². The molecule has 0 aliphatic heterocycles. The van der Waals surface area contributed by atoms with E-state index in [0.717, 1.165) is 9.87 Å². The van der Waals surface area contributed by atoms with Crippen LogP contribution in [0.4, 0.5) is 5.69 Å². The highest BCUT2D eigenvalue weighted by Gasteiger charge is 2.29. The predicted octanol–water partition coefficient (Wildman–Crippen LogP) is 3.83. The smallest absolute Gasteiger partial charge is 0.264 e. The zero-order valence-electron chi connectivity index (χ0n) is 20.6. The Balaban J connectivity index is 1.92. The van der Waals surface area contributed by atoms with Crippen molar-refractivity contribution >= 4 is 43.8 Å². The topological polar surface area (TPSA) is 127 Å². The summed E-state index contributed by atoms with van der Waals surface area (Å²) in [7, 11) is 0.105. The van der Waals surface area contributed by atoms with Crippen LogP contribution in [-0.2, 0) is 14.8 Å². The first kappa shape index (κ1) is 27.8. The van der Waals surface area contributed by atoms with Gasteiger partial charge in [0.15, 0.2) is 11.5 Å². The predicted molar refractivity (Wildman–Crippen MR) is 143 cm³/mol. The van der Waals surface area contributed by atoms with E-state index in [2.05, 4.69) is 26.5 Å². The van der Waals surface area contributed by atoms with Crippen molar-refractivity contribution in [3.05, 3.63) is 70.2 Å². The van der Waals surface area contributed by atoms with E-state index < -0.39 is 22.5 Å². The average Bonchev–Trinajstić information content (AvgIpc) is 2.89. The quantitative estimate of drug-likeness (QED) is 0.271. The zero-order chi connectivity index (χ0) is 27.2. The third-order valence-corrected chi connectivity index (χ3v) is 7.60. The third-order valence-electron chi connectivity index (χ3n) is 5.23.